The Morgan fingerprint density at radius 1 is 1.38 bits per heavy atom. The lowest BCUT2D eigenvalue weighted by Crippen LogP contribution is -2.39. The number of halogens is 2. The molecule has 1 atom stereocenters. The molecule has 1 N–H and O–H groups in total. The normalized spacial score (nSPS) is 12.0. The summed E-state index contributed by atoms with van der Waals surface area (Å²) in [5.41, 5.74) is 0.230. The molecule has 29 heavy (non-hydrogen) atoms. The van der Waals surface area contributed by atoms with Crippen LogP contribution in [0.5, 0.6) is 0 Å². The molecule has 0 saturated carbocycles. The molecule has 2 aromatic heterocycles. The molecule has 8 nitrogen and oxygen atoms in total. The van der Waals surface area contributed by atoms with Gasteiger partial charge in [0.2, 0.25) is 0 Å². The molecule has 0 fully saturated rings. The number of hydrogen-bond acceptors (Lipinski definition) is 5. The fourth-order valence-electron chi connectivity index (χ4n) is 2.77. The molecule has 2 heterocycles. The number of amides is 1. The lowest BCUT2D eigenvalue weighted by molar-refractivity contribution is 0.0903. The second-order valence-electron chi connectivity index (χ2n) is 6.49. The predicted octanol–water partition coefficient (Wildman–Crippen LogP) is 2.19. The lowest BCUT2D eigenvalue weighted by Gasteiger charge is -2.14. The molecule has 3 aromatic rings. The Kier molecular flexibility index (Phi) is 6.09. The smallest absolute Gasteiger partial charge is 0.284 e. The van der Waals surface area contributed by atoms with Crippen molar-refractivity contribution in [1.82, 2.24) is 24.9 Å². The van der Waals surface area contributed by atoms with Gasteiger partial charge in [0.1, 0.15) is 17.1 Å². The van der Waals surface area contributed by atoms with Crippen LogP contribution in [-0.2, 0) is 11.8 Å². The van der Waals surface area contributed by atoms with E-state index in [1.165, 1.54) is 36.2 Å². The molecule has 0 aliphatic carbocycles. The summed E-state index contributed by atoms with van der Waals surface area (Å²) < 4.78 is 21.0. The van der Waals surface area contributed by atoms with Crippen LogP contribution in [0.3, 0.4) is 0 Å². The first-order chi connectivity index (χ1) is 13.8. The van der Waals surface area contributed by atoms with Crippen LogP contribution in [0.25, 0.3) is 16.9 Å². The molecule has 152 valence electrons. The van der Waals surface area contributed by atoms with Gasteiger partial charge < -0.3 is 10.1 Å². The van der Waals surface area contributed by atoms with Crippen LogP contribution in [-0.4, -0.2) is 45.2 Å². The van der Waals surface area contributed by atoms with E-state index in [1.54, 1.807) is 20.2 Å². The SMILES string of the molecule is COC[C@H](C)NC(=O)c1cc(-c2ccc(F)cc2Cl)nn(-c2cnn(C)c2)c1=O. The quantitative estimate of drug-likeness (QED) is 0.661. The average Bonchev–Trinajstić information content (AvgIpc) is 3.08. The summed E-state index contributed by atoms with van der Waals surface area (Å²) in [6.07, 6.45) is 3.03. The highest BCUT2D eigenvalue weighted by atomic mass is 35.5. The zero-order valence-corrected chi connectivity index (χ0v) is 16.8. The molecule has 1 aromatic carbocycles. The topological polar surface area (TPSA) is 91.0 Å². The van der Waals surface area contributed by atoms with Gasteiger partial charge in [-0.2, -0.15) is 14.9 Å². The van der Waals surface area contributed by atoms with Gasteiger partial charge in [0.15, 0.2) is 0 Å². The van der Waals surface area contributed by atoms with Crippen molar-refractivity contribution >= 4 is 17.5 Å². The largest absolute Gasteiger partial charge is 0.383 e. The summed E-state index contributed by atoms with van der Waals surface area (Å²) in [4.78, 5) is 25.7. The van der Waals surface area contributed by atoms with Crippen LogP contribution < -0.4 is 10.9 Å². The van der Waals surface area contributed by atoms with Crippen LogP contribution >= 0.6 is 11.6 Å². The van der Waals surface area contributed by atoms with Crippen molar-refractivity contribution in [3.05, 3.63) is 63.4 Å². The lowest BCUT2D eigenvalue weighted by atomic mass is 10.1. The van der Waals surface area contributed by atoms with E-state index in [0.717, 1.165) is 10.7 Å². The molecule has 0 unspecified atom stereocenters. The van der Waals surface area contributed by atoms with Crippen molar-refractivity contribution in [2.45, 2.75) is 13.0 Å². The fraction of sp³-hybridized carbons (Fsp3) is 0.263. The monoisotopic (exact) mass is 419 g/mol. The summed E-state index contributed by atoms with van der Waals surface area (Å²) in [5, 5.41) is 11.2. The maximum absolute atomic E-state index is 13.5. The van der Waals surface area contributed by atoms with E-state index in [1.807, 2.05) is 0 Å². The number of nitrogens with one attached hydrogen (secondary N) is 1. The summed E-state index contributed by atoms with van der Waals surface area (Å²) >= 11 is 6.16. The Morgan fingerprint density at radius 2 is 2.14 bits per heavy atom. The van der Waals surface area contributed by atoms with Gasteiger partial charge >= 0.3 is 0 Å². The van der Waals surface area contributed by atoms with Crippen LogP contribution in [0, 0.1) is 5.82 Å². The highest BCUT2D eigenvalue weighted by Crippen LogP contribution is 2.27. The maximum Gasteiger partial charge on any atom is 0.284 e. The van der Waals surface area contributed by atoms with E-state index in [9.17, 15) is 14.0 Å². The third kappa shape index (κ3) is 4.52. The highest BCUT2D eigenvalue weighted by molar-refractivity contribution is 6.33. The van der Waals surface area contributed by atoms with Gasteiger partial charge in [0, 0.05) is 25.8 Å². The van der Waals surface area contributed by atoms with E-state index in [0.29, 0.717) is 11.3 Å². The van der Waals surface area contributed by atoms with Gasteiger partial charge in [-0.1, -0.05) is 11.6 Å². The first-order valence-corrected chi connectivity index (χ1v) is 9.06. The standard InChI is InChI=1S/C19H19ClFN5O3/c1-11(10-29-3)23-18(27)15-7-17(14-5-4-12(21)6-16(14)20)24-26(19(15)28)13-8-22-25(2)9-13/h4-9,11H,10H2,1-3H3,(H,23,27)/t11-/m0/s1. The Balaban J connectivity index is 2.17. The van der Waals surface area contributed by atoms with E-state index in [-0.39, 0.29) is 28.9 Å². The minimum Gasteiger partial charge on any atom is -0.383 e. The van der Waals surface area contributed by atoms with Crippen molar-refractivity contribution in [2.24, 2.45) is 7.05 Å². The zero-order chi connectivity index (χ0) is 21.1. The van der Waals surface area contributed by atoms with Crippen molar-refractivity contribution in [3.8, 4) is 16.9 Å². The number of carbonyl (C=O) groups is 1. The zero-order valence-electron chi connectivity index (χ0n) is 16.0. The number of methoxy groups -OCH3 is 1. The first kappa shape index (κ1) is 20.7. The van der Waals surface area contributed by atoms with Gasteiger partial charge in [0.25, 0.3) is 11.5 Å². The molecule has 10 heteroatoms. The van der Waals surface area contributed by atoms with Crippen LogP contribution in [0.2, 0.25) is 5.02 Å². The summed E-state index contributed by atoms with van der Waals surface area (Å²) in [6.45, 7) is 2.03. The number of carbonyl (C=O) groups excluding carboxylic acids is 1. The molecule has 0 aliphatic heterocycles. The number of nitrogens with zero attached hydrogens (tertiary/aromatic N) is 4. The Labute approximate surface area is 170 Å². The van der Waals surface area contributed by atoms with Crippen LogP contribution in [0.4, 0.5) is 4.39 Å². The number of aromatic nitrogens is 4. The Morgan fingerprint density at radius 3 is 2.76 bits per heavy atom. The van der Waals surface area contributed by atoms with E-state index in [2.05, 4.69) is 15.5 Å². The van der Waals surface area contributed by atoms with E-state index >= 15 is 0 Å². The second-order valence-corrected chi connectivity index (χ2v) is 6.89. The van der Waals surface area contributed by atoms with E-state index < -0.39 is 17.3 Å². The minimum absolute atomic E-state index is 0.105. The van der Waals surface area contributed by atoms with Gasteiger partial charge in [0.05, 0.1) is 29.7 Å². The van der Waals surface area contributed by atoms with Gasteiger partial charge in [-0.05, 0) is 31.2 Å². The highest BCUT2D eigenvalue weighted by Gasteiger charge is 2.20. The van der Waals surface area contributed by atoms with Crippen molar-refractivity contribution in [2.75, 3.05) is 13.7 Å². The maximum atomic E-state index is 13.5. The Bertz CT molecular complexity index is 1110. The molecule has 0 saturated heterocycles. The number of benzene rings is 1. The summed E-state index contributed by atoms with van der Waals surface area (Å²) in [7, 11) is 3.20. The molecule has 0 spiro atoms. The first-order valence-electron chi connectivity index (χ1n) is 8.68. The van der Waals surface area contributed by atoms with E-state index in [4.69, 9.17) is 16.3 Å². The van der Waals surface area contributed by atoms with Crippen molar-refractivity contribution in [1.29, 1.82) is 0 Å². The fourth-order valence-corrected chi connectivity index (χ4v) is 3.04. The van der Waals surface area contributed by atoms with Crippen molar-refractivity contribution in [3.63, 3.8) is 0 Å². The predicted molar refractivity (Wildman–Crippen MR) is 106 cm³/mol. The summed E-state index contributed by atoms with van der Waals surface area (Å²) in [6, 6.07) is 4.82. The molecule has 0 radical (unpaired) electrons. The molecular weight excluding hydrogens is 401 g/mol. The Hall–Kier alpha value is -3.04. The number of hydrogen-bond donors (Lipinski definition) is 1. The van der Waals surface area contributed by atoms with Crippen molar-refractivity contribution < 1.29 is 13.9 Å². The minimum atomic E-state index is -0.623. The average molecular weight is 420 g/mol. The third-order valence-corrected chi connectivity index (χ3v) is 4.41. The van der Waals surface area contributed by atoms with Gasteiger partial charge in [-0.25, -0.2) is 4.39 Å². The summed E-state index contributed by atoms with van der Waals surface area (Å²) in [5.74, 6) is -1.09. The molecule has 0 bridgehead atoms. The van der Waals surface area contributed by atoms with Gasteiger partial charge in [-0.15, -0.1) is 0 Å². The third-order valence-electron chi connectivity index (χ3n) is 4.09. The molecule has 1 amide bonds. The van der Waals surface area contributed by atoms with Gasteiger partial charge in [-0.3, -0.25) is 14.3 Å². The molecule has 3 rings (SSSR count). The number of aryl methyl sites for hydroxylation is 1. The molecular formula is C19H19ClFN5O3. The van der Waals surface area contributed by atoms with Crippen LogP contribution in [0.1, 0.15) is 17.3 Å². The molecule has 0 aliphatic rings. The second kappa shape index (κ2) is 8.54. The van der Waals surface area contributed by atoms with Crippen LogP contribution in [0.15, 0.2) is 41.5 Å². The number of rotatable bonds is 6. The number of ether oxygens (including phenoxy) is 1.